The summed E-state index contributed by atoms with van der Waals surface area (Å²) in [5, 5.41) is 14.8. The summed E-state index contributed by atoms with van der Waals surface area (Å²) >= 11 is 1.22. The number of hydrogen-bond acceptors (Lipinski definition) is 8. The van der Waals surface area contributed by atoms with Crippen LogP contribution in [0.2, 0.25) is 0 Å². The van der Waals surface area contributed by atoms with Gasteiger partial charge in [-0.2, -0.15) is 4.31 Å². The van der Waals surface area contributed by atoms with Gasteiger partial charge in [0.25, 0.3) is 0 Å². The van der Waals surface area contributed by atoms with Gasteiger partial charge >= 0.3 is 0 Å². The van der Waals surface area contributed by atoms with Crippen molar-refractivity contribution in [2.24, 2.45) is 5.92 Å². The smallest absolute Gasteiger partial charge is 0.246 e. The van der Waals surface area contributed by atoms with Gasteiger partial charge in [0.15, 0.2) is 0 Å². The van der Waals surface area contributed by atoms with E-state index in [0.717, 1.165) is 0 Å². The second kappa shape index (κ2) is 11.4. The highest BCUT2D eigenvalue weighted by atomic mass is 32.2. The molecule has 0 unspecified atom stereocenters. The molecule has 10 nitrogen and oxygen atoms in total. The van der Waals surface area contributed by atoms with Gasteiger partial charge in [-0.05, 0) is 41.5 Å². The fraction of sp³-hybridized carbons (Fsp3) is 0.579. The number of carbonyl (C=O) groups excluding carboxylic acids is 1. The van der Waals surface area contributed by atoms with Crippen LogP contribution in [0, 0.1) is 5.92 Å². The van der Waals surface area contributed by atoms with E-state index in [9.17, 15) is 13.2 Å². The highest BCUT2D eigenvalue weighted by molar-refractivity contribution is 7.99. The monoisotopic (exact) mass is 470 g/mol. The Hall–Kier alpha value is -2.18. The predicted octanol–water partition coefficient (Wildman–Crippen LogP) is 2.49. The summed E-state index contributed by atoms with van der Waals surface area (Å²) in [6.45, 7) is 11.1. The maximum absolute atomic E-state index is 13.0. The number of nitrogens with zero attached hydrogens (tertiary/aromatic N) is 5. The first kappa shape index (κ1) is 25.1. The van der Waals surface area contributed by atoms with E-state index in [0.29, 0.717) is 43.0 Å². The van der Waals surface area contributed by atoms with Gasteiger partial charge in [-0.25, -0.2) is 13.1 Å². The van der Waals surface area contributed by atoms with Crippen molar-refractivity contribution in [1.29, 1.82) is 0 Å². The summed E-state index contributed by atoms with van der Waals surface area (Å²) in [7, 11) is -3.76. The predicted molar refractivity (Wildman–Crippen MR) is 120 cm³/mol. The number of ether oxygens (including phenoxy) is 1. The number of benzene rings is 1. The van der Waals surface area contributed by atoms with Gasteiger partial charge in [-0.1, -0.05) is 39.5 Å². The summed E-state index contributed by atoms with van der Waals surface area (Å²) < 4.78 is 34.6. The molecule has 31 heavy (non-hydrogen) atoms. The zero-order chi connectivity index (χ0) is 23.0. The van der Waals surface area contributed by atoms with Crippen molar-refractivity contribution in [2.75, 3.05) is 30.8 Å². The minimum atomic E-state index is -3.76. The minimum absolute atomic E-state index is 0.0318. The molecule has 172 valence electrons. The van der Waals surface area contributed by atoms with E-state index in [4.69, 9.17) is 4.74 Å². The molecular formula is C19H30N6O4S2. The third kappa shape index (κ3) is 6.65. The molecule has 0 radical (unpaired) electrons. The number of anilines is 1. The van der Waals surface area contributed by atoms with Gasteiger partial charge in [-0.15, -0.1) is 5.10 Å². The summed E-state index contributed by atoms with van der Waals surface area (Å²) in [5.41, 5.74) is 0.376. The Morgan fingerprint density at radius 2 is 1.97 bits per heavy atom. The van der Waals surface area contributed by atoms with Crippen LogP contribution in [0.4, 0.5) is 5.69 Å². The molecule has 2 aromatic rings. The van der Waals surface area contributed by atoms with E-state index >= 15 is 0 Å². The number of amides is 1. The number of hydrogen-bond donors (Lipinski definition) is 1. The van der Waals surface area contributed by atoms with Crippen molar-refractivity contribution in [3.63, 3.8) is 0 Å². The van der Waals surface area contributed by atoms with Crippen LogP contribution in [-0.2, 0) is 21.4 Å². The molecule has 1 N–H and O–H groups in total. The number of sulfonamides is 1. The molecule has 12 heteroatoms. The Morgan fingerprint density at radius 3 is 2.58 bits per heavy atom. The van der Waals surface area contributed by atoms with Crippen molar-refractivity contribution in [1.82, 2.24) is 24.5 Å². The van der Waals surface area contributed by atoms with E-state index < -0.39 is 10.0 Å². The molecule has 0 bridgehead atoms. The highest BCUT2D eigenvalue weighted by Crippen LogP contribution is 2.30. The Morgan fingerprint density at radius 1 is 1.26 bits per heavy atom. The second-order valence-corrected chi connectivity index (χ2v) is 9.91. The zero-order valence-corrected chi connectivity index (χ0v) is 20.2. The molecule has 1 amide bonds. The Kier molecular flexibility index (Phi) is 9.26. The summed E-state index contributed by atoms with van der Waals surface area (Å²) in [6.07, 6.45) is 0. The van der Waals surface area contributed by atoms with Crippen molar-refractivity contribution in [2.45, 2.75) is 51.2 Å². The van der Waals surface area contributed by atoms with E-state index in [1.54, 1.807) is 37.6 Å². The van der Waals surface area contributed by atoms with Gasteiger partial charge in [0.05, 0.1) is 12.4 Å². The van der Waals surface area contributed by atoms with Crippen LogP contribution in [-0.4, -0.2) is 64.3 Å². The molecule has 0 aliphatic heterocycles. The first-order valence-corrected chi connectivity index (χ1v) is 12.6. The Balaban J connectivity index is 2.16. The van der Waals surface area contributed by atoms with Crippen LogP contribution in [0.1, 0.15) is 34.6 Å². The topological polar surface area (TPSA) is 119 Å². The van der Waals surface area contributed by atoms with Crippen LogP contribution in [0.25, 0.3) is 0 Å². The fourth-order valence-corrected chi connectivity index (χ4v) is 5.15. The van der Waals surface area contributed by atoms with Crippen molar-refractivity contribution >= 4 is 33.4 Å². The largest absolute Gasteiger partial charge is 0.492 e. The van der Waals surface area contributed by atoms with E-state index in [1.807, 2.05) is 0 Å². The third-order valence-electron chi connectivity index (χ3n) is 4.22. The van der Waals surface area contributed by atoms with Gasteiger partial charge < -0.3 is 10.1 Å². The molecule has 0 saturated heterocycles. The lowest BCUT2D eigenvalue weighted by Gasteiger charge is -2.21. The lowest BCUT2D eigenvalue weighted by atomic mass is 10.2. The van der Waals surface area contributed by atoms with E-state index in [2.05, 4.69) is 34.7 Å². The van der Waals surface area contributed by atoms with Crippen LogP contribution in [0.5, 0.6) is 5.75 Å². The number of rotatable bonds is 12. The Labute approximate surface area is 187 Å². The fourth-order valence-electron chi connectivity index (χ4n) is 2.85. The Bertz CT molecular complexity index is 974. The quantitative estimate of drug-likeness (QED) is 0.470. The second-order valence-electron chi connectivity index (χ2n) is 7.06. The molecule has 0 saturated carbocycles. The molecule has 0 fully saturated rings. The van der Waals surface area contributed by atoms with Crippen LogP contribution < -0.4 is 10.1 Å². The molecule has 0 aliphatic rings. The molecule has 1 aromatic heterocycles. The number of aromatic nitrogens is 4. The molecule has 1 heterocycles. The first-order chi connectivity index (χ1) is 14.7. The average molecular weight is 471 g/mol. The normalized spacial score (nSPS) is 11.8. The van der Waals surface area contributed by atoms with Crippen LogP contribution in [0.3, 0.4) is 0 Å². The van der Waals surface area contributed by atoms with Crippen LogP contribution >= 0.6 is 11.8 Å². The SMILES string of the molecule is CCOc1ccc(NC(=O)CSc2nnnn2CC(C)C)cc1S(=O)(=O)N(CC)CC. The van der Waals surface area contributed by atoms with E-state index in [1.165, 1.54) is 22.1 Å². The molecule has 1 aromatic carbocycles. The van der Waals surface area contributed by atoms with E-state index in [-0.39, 0.29) is 22.3 Å². The number of carbonyl (C=O) groups is 1. The first-order valence-electron chi connectivity index (χ1n) is 10.2. The van der Waals surface area contributed by atoms with Crippen LogP contribution in [0.15, 0.2) is 28.3 Å². The third-order valence-corrected chi connectivity index (χ3v) is 7.25. The number of tetrazole rings is 1. The lowest BCUT2D eigenvalue weighted by Crippen LogP contribution is -2.31. The average Bonchev–Trinajstić information content (AvgIpc) is 3.14. The lowest BCUT2D eigenvalue weighted by molar-refractivity contribution is -0.113. The number of thioether (sulfide) groups is 1. The van der Waals surface area contributed by atoms with Gasteiger partial charge in [0, 0.05) is 25.3 Å². The highest BCUT2D eigenvalue weighted by Gasteiger charge is 2.26. The van der Waals surface area contributed by atoms with Gasteiger partial charge in [0.2, 0.25) is 21.1 Å². The number of nitrogens with one attached hydrogen (secondary N) is 1. The molecule has 0 aliphatic carbocycles. The maximum Gasteiger partial charge on any atom is 0.246 e. The summed E-state index contributed by atoms with van der Waals surface area (Å²) in [5.74, 6) is 0.421. The molecule has 0 spiro atoms. The zero-order valence-electron chi connectivity index (χ0n) is 18.5. The maximum atomic E-state index is 13.0. The van der Waals surface area contributed by atoms with Crippen molar-refractivity contribution in [3.8, 4) is 5.75 Å². The van der Waals surface area contributed by atoms with Crippen molar-refractivity contribution in [3.05, 3.63) is 18.2 Å². The van der Waals surface area contributed by atoms with Crippen molar-refractivity contribution < 1.29 is 17.9 Å². The minimum Gasteiger partial charge on any atom is -0.492 e. The summed E-state index contributed by atoms with van der Waals surface area (Å²) in [6, 6.07) is 4.62. The molecular weight excluding hydrogens is 440 g/mol. The summed E-state index contributed by atoms with van der Waals surface area (Å²) in [4.78, 5) is 12.5. The van der Waals surface area contributed by atoms with Gasteiger partial charge in [-0.3, -0.25) is 4.79 Å². The molecule has 0 atom stereocenters. The molecule has 2 rings (SSSR count). The standard InChI is InChI=1S/C19H30N6O4S2/c1-6-24(7-2)31(27,28)17-11-15(9-10-16(17)29-8-3)20-18(26)13-30-19-21-22-23-25(19)12-14(4)5/h9-11,14H,6-8,12-13H2,1-5H3,(H,20,26). The van der Waals surface area contributed by atoms with Gasteiger partial charge in [0.1, 0.15) is 10.6 Å².